The van der Waals surface area contributed by atoms with Crippen LogP contribution in [-0.2, 0) is 15.9 Å². The van der Waals surface area contributed by atoms with Gasteiger partial charge in [-0.2, -0.15) is 9.97 Å². The van der Waals surface area contributed by atoms with Crippen LogP contribution in [0.25, 0.3) is 17.0 Å². The first-order valence-corrected chi connectivity index (χ1v) is 12.5. The number of ether oxygens (including phenoxy) is 1. The molecule has 33 heavy (non-hydrogen) atoms. The molecule has 3 aromatic rings. The van der Waals surface area contributed by atoms with Crippen molar-refractivity contribution in [3.05, 3.63) is 30.9 Å². The standard InChI is InChI=1S/C22H29N7O3S/c1-22(2,3)32-21(30)27-15-7-5-14(6-8-15)26-18-19-25-13-17(29(19)12-11-23-18)16-9-10-24-20(28-16)33(4)31/h9-15H,5-8H2,1-4H3,(H,23,26)(H,27,30)/t14-,15-,33?. The summed E-state index contributed by atoms with van der Waals surface area (Å²) in [4.78, 5) is 29.5. The highest BCUT2D eigenvalue weighted by atomic mass is 32.2. The summed E-state index contributed by atoms with van der Waals surface area (Å²) >= 11 is -1.27. The maximum Gasteiger partial charge on any atom is 0.407 e. The number of nitrogens with one attached hydrogen (secondary N) is 2. The minimum Gasteiger partial charge on any atom is -0.609 e. The van der Waals surface area contributed by atoms with Gasteiger partial charge in [-0.25, -0.2) is 14.8 Å². The third-order valence-electron chi connectivity index (χ3n) is 5.37. The van der Waals surface area contributed by atoms with Crippen molar-refractivity contribution in [1.82, 2.24) is 29.7 Å². The van der Waals surface area contributed by atoms with Crippen LogP contribution in [0.3, 0.4) is 0 Å². The first-order chi connectivity index (χ1) is 15.7. The minimum atomic E-state index is -1.27. The summed E-state index contributed by atoms with van der Waals surface area (Å²) in [7, 11) is 0. The van der Waals surface area contributed by atoms with E-state index in [1.807, 2.05) is 31.4 Å². The van der Waals surface area contributed by atoms with Crippen molar-refractivity contribution in [3.63, 3.8) is 0 Å². The fourth-order valence-corrected chi connectivity index (χ4v) is 4.32. The van der Waals surface area contributed by atoms with Crippen molar-refractivity contribution < 1.29 is 14.1 Å². The van der Waals surface area contributed by atoms with Gasteiger partial charge in [-0.05, 0) is 52.5 Å². The van der Waals surface area contributed by atoms with E-state index in [2.05, 4.69) is 30.6 Å². The predicted octanol–water partition coefficient (Wildman–Crippen LogP) is 3.17. The molecule has 0 spiro atoms. The molecule has 176 valence electrons. The highest BCUT2D eigenvalue weighted by Gasteiger charge is 2.25. The largest absolute Gasteiger partial charge is 0.609 e. The highest BCUT2D eigenvalue weighted by Crippen LogP contribution is 2.26. The summed E-state index contributed by atoms with van der Waals surface area (Å²) in [6.07, 6.45) is 11.6. The van der Waals surface area contributed by atoms with Crippen molar-refractivity contribution in [2.24, 2.45) is 0 Å². The Morgan fingerprint density at radius 2 is 1.88 bits per heavy atom. The number of carbonyl (C=O) groups is 1. The van der Waals surface area contributed by atoms with E-state index in [1.54, 1.807) is 30.9 Å². The van der Waals surface area contributed by atoms with Crippen molar-refractivity contribution in [1.29, 1.82) is 0 Å². The molecule has 3 aromatic heterocycles. The smallest absolute Gasteiger partial charge is 0.407 e. The van der Waals surface area contributed by atoms with Crippen LogP contribution < -0.4 is 10.6 Å². The molecule has 1 saturated carbocycles. The molecule has 2 N–H and O–H groups in total. The Bertz CT molecular complexity index is 1120. The summed E-state index contributed by atoms with van der Waals surface area (Å²) in [5, 5.41) is 6.76. The van der Waals surface area contributed by atoms with Crippen molar-refractivity contribution in [3.8, 4) is 11.4 Å². The van der Waals surface area contributed by atoms with Gasteiger partial charge < -0.3 is 19.9 Å². The normalized spacial score (nSPS) is 19.8. The number of anilines is 1. The summed E-state index contributed by atoms with van der Waals surface area (Å²) in [6, 6.07) is 2.11. The van der Waals surface area contributed by atoms with Crippen LogP contribution in [0.15, 0.2) is 36.0 Å². The van der Waals surface area contributed by atoms with Gasteiger partial charge in [0.2, 0.25) is 0 Å². The van der Waals surface area contributed by atoms with E-state index in [0.29, 0.717) is 17.2 Å². The molecule has 0 radical (unpaired) electrons. The zero-order valence-electron chi connectivity index (χ0n) is 19.2. The molecular weight excluding hydrogens is 442 g/mol. The molecule has 11 heteroatoms. The number of alkyl carbamates (subject to hydrolysis) is 1. The Kier molecular flexibility index (Phi) is 6.71. The van der Waals surface area contributed by atoms with Crippen molar-refractivity contribution in [2.75, 3.05) is 11.6 Å². The number of imidazole rings is 1. The minimum absolute atomic E-state index is 0.107. The second-order valence-corrected chi connectivity index (χ2v) is 10.4. The van der Waals surface area contributed by atoms with Crippen LogP contribution in [0, 0.1) is 0 Å². The maximum atomic E-state index is 12.0. The molecule has 1 aliphatic carbocycles. The van der Waals surface area contributed by atoms with Gasteiger partial charge in [0.1, 0.15) is 11.9 Å². The Labute approximate surface area is 195 Å². The third-order valence-corrected chi connectivity index (χ3v) is 6.08. The number of hydrogen-bond donors (Lipinski definition) is 2. The van der Waals surface area contributed by atoms with Gasteiger partial charge in [0, 0.05) is 41.9 Å². The molecular formula is C22H29N7O3S. The van der Waals surface area contributed by atoms with E-state index in [0.717, 1.165) is 31.4 Å². The number of amides is 1. The Morgan fingerprint density at radius 3 is 2.58 bits per heavy atom. The third kappa shape index (κ3) is 5.72. The molecule has 4 rings (SSSR count). The number of fused-ring (bicyclic) bond motifs is 1. The maximum absolute atomic E-state index is 12.0. The number of aromatic nitrogens is 5. The predicted molar refractivity (Wildman–Crippen MR) is 125 cm³/mol. The molecule has 0 aromatic carbocycles. The Morgan fingerprint density at radius 1 is 1.15 bits per heavy atom. The summed E-state index contributed by atoms with van der Waals surface area (Å²) in [5.74, 6) is 0.695. The van der Waals surface area contributed by atoms with Gasteiger partial charge >= 0.3 is 11.2 Å². The first-order valence-electron chi connectivity index (χ1n) is 10.9. The lowest BCUT2D eigenvalue weighted by atomic mass is 9.91. The van der Waals surface area contributed by atoms with E-state index < -0.39 is 16.8 Å². The second kappa shape index (κ2) is 9.52. The highest BCUT2D eigenvalue weighted by molar-refractivity contribution is 7.90. The van der Waals surface area contributed by atoms with Crippen molar-refractivity contribution >= 4 is 28.7 Å². The number of hydrogen-bond acceptors (Lipinski definition) is 8. The molecule has 0 aliphatic heterocycles. The molecule has 10 nitrogen and oxygen atoms in total. The quantitative estimate of drug-likeness (QED) is 0.429. The summed E-state index contributed by atoms with van der Waals surface area (Å²) in [5.41, 5.74) is 1.61. The SMILES string of the molecule is C[S+]([O-])c1nccc(-c2cnc3c(N[C@H]4CC[C@H](NC(=O)OC(C)(C)C)CC4)nccn23)n1. The molecule has 1 atom stereocenters. The Balaban J connectivity index is 1.42. The van der Waals surface area contributed by atoms with Crippen LogP contribution in [0.1, 0.15) is 46.5 Å². The molecule has 1 amide bonds. The fourth-order valence-electron chi connectivity index (χ4n) is 3.88. The van der Waals surface area contributed by atoms with E-state index in [1.165, 1.54) is 0 Å². The monoisotopic (exact) mass is 471 g/mol. The molecule has 0 bridgehead atoms. The molecule has 3 heterocycles. The number of nitrogens with zero attached hydrogens (tertiary/aromatic N) is 5. The van der Waals surface area contributed by atoms with E-state index in [-0.39, 0.29) is 23.3 Å². The van der Waals surface area contributed by atoms with Gasteiger partial charge in [0.25, 0.3) is 0 Å². The molecule has 1 fully saturated rings. The molecule has 0 saturated heterocycles. The lowest BCUT2D eigenvalue weighted by molar-refractivity contribution is 0.0492. The summed E-state index contributed by atoms with van der Waals surface area (Å²) < 4.78 is 19.0. The van der Waals surface area contributed by atoms with Crippen LogP contribution in [0.5, 0.6) is 0 Å². The van der Waals surface area contributed by atoms with Crippen molar-refractivity contribution in [2.45, 2.75) is 69.3 Å². The topological polar surface area (TPSA) is 129 Å². The number of rotatable bonds is 5. The zero-order chi connectivity index (χ0) is 23.6. The lowest BCUT2D eigenvalue weighted by Crippen LogP contribution is -2.42. The zero-order valence-corrected chi connectivity index (χ0v) is 20.1. The van der Waals surface area contributed by atoms with E-state index in [9.17, 15) is 9.35 Å². The Hall–Kier alpha value is -2.92. The average Bonchev–Trinajstić information content (AvgIpc) is 3.19. The van der Waals surface area contributed by atoms with Gasteiger partial charge in [0.15, 0.2) is 11.5 Å². The van der Waals surface area contributed by atoms with Gasteiger partial charge in [-0.3, -0.25) is 4.40 Å². The van der Waals surface area contributed by atoms with E-state index in [4.69, 9.17) is 4.74 Å². The van der Waals surface area contributed by atoms with Gasteiger partial charge in [-0.15, -0.1) is 0 Å². The first kappa shape index (κ1) is 23.2. The van der Waals surface area contributed by atoms with Crippen LogP contribution in [-0.4, -0.2) is 58.9 Å². The van der Waals surface area contributed by atoms with E-state index >= 15 is 0 Å². The molecule has 1 aliphatic rings. The van der Waals surface area contributed by atoms with Crippen LogP contribution in [0.4, 0.5) is 10.6 Å². The second-order valence-electron chi connectivity index (χ2n) is 9.13. The molecule has 1 unspecified atom stereocenters. The number of carbonyl (C=O) groups excluding carboxylic acids is 1. The summed E-state index contributed by atoms with van der Waals surface area (Å²) in [6.45, 7) is 5.57. The van der Waals surface area contributed by atoms with Gasteiger partial charge in [-0.1, -0.05) is 0 Å². The van der Waals surface area contributed by atoms with Crippen LogP contribution in [0.2, 0.25) is 0 Å². The van der Waals surface area contributed by atoms with Crippen LogP contribution >= 0.6 is 0 Å². The van der Waals surface area contributed by atoms with Gasteiger partial charge in [0.05, 0.1) is 17.6 Å². The fraction of sp³-hybridized carbons (Fsp3) is 0.500. The lowest BCUT2D eigenvalue weighted by Gasteiger charge is -2.30. The average molecular weight is 472 g/mol.